The second-order valence-electron chi connectivity index (χ2n) is 5.83. The zero-order chi connectivity index (χ0) is 18.7. The van der Waals surface area contributed by atoms with Crippen LogP contribution in [0.2, 0.25) is 0 Å². The van der Waals surface area contributed by atoms with E-state index in [4.69, 9.17) is 5.11 Å². The van der Waals surface area contributed by atoms with Crippen molar-refractivity contribution in [3.63, 3.8) is 0 Å². The third-order valence-corrected chi connectivity index (χ3v) is 4.20. The summed E-state index contributed by atoms with van der Waals surface area (Å²) >= 11 is 0. The Bertz CT molecular complexity index is 950. The average Bonchev–Trinajstić information content (AvgIpc) is 3.08. The van der Waals surface area contributed by atoms with Gasteiger partial charge in [0.15, 0.2) is 5.65 Å². The van der Waals surface area contributed by atoms with Crippen LogP contribution in [0.1, 0.15) is 24.2 Å². The van der Waals surface area contributed by atoms with Gasteiger partial charge in [-0.25, -0.2) is 9.67 Å². The summed E-state index contributed by atoms with van der Waals surface area (Å²) in [6, 6.07) is 11.3. The third kappa shape index (κ3) is 3.28. The SMILES string of the molecule is CCN(CC(=O)O)C(=O)c1cc(-c2ccccc2)nc2c1cnn2CC. The first-order valence-electron chi connectivity index (χ1n) is 8.48. The highest BCUT2D eigenvalue weighted by Gasteiger charge is 2.22. The molecule has 0 bridgehead atoms. The molecular weight excluding hydrogens is 332 g/mol. The zero-order valence-electron chi connectivity index (χ0n) is 14.7. The summed E-state index contributed by atoms with van der Waals surface area (Å²) in [4.78, 5) is 30.1. The number of amides is 1. The Balaban J connectivity index is 2.18. The van der Waals surface area contributed by atoms with E-state index in [-0.39, 0.29) is 12.5 Å². The second-order valence-corrected chi connectivity index (χ2v) is 5.83. The zero-order valence-corrected chi connectivity index (χ0v) is 14.7. The summed E-state index contributed by atoms with van der Waals surface area (Å²) in [6.07, 6.45) is 1.61. The standard InChI is InChI=1S/C19H20N4O3/c1-3-22(12-17(24)25)19(26)14-10-16(13-8-6-5-7-9-13)21-18-15(14)11-20-23(18)4-2/h5-11H,3-4,12H2,1-2H3,(H,24,25). The topological polar surface area (TPSA) is 88.3 Å². The largest absolute Gasteiger partial charge is 0.480 e. The molecule has 0 aliphatic rings. The number of rotatable bonds is 6. The molecule has 134 valence electrons. The van der Waals surface area contributed by atoms with Crippen LogP contribution >= 0.6 is 0 Å². The van der Waals surface area contributed by atoms with Gasteiger partial charge >= 0.3 is 5.97 Å². The van der Waals surface area contributed by atoms with Crippen LogP contribution in [0, 0.1) is 0 Å². The van der Waals surface area contributed by atoms with Crippen molar-refractivity contribution >= 4 is 22.9 Å². The predicted molar refractivity (Wildman–Crippen MR) is 97.9 cm³/mol. The normalized spacial score (nSPS) is 10.8. The van der Waals surface area contributed by atoms with E-state index in [2.05, 4.69) is 10.1 Å². The Labute approximate surface area is 150 Å². The van der Waals surface area contributed by atoms with Gasteiger partial charge in [0.1, 0.15) is 6.54 Å². The molecule has 0 fully saturated rings. The van der Waals surface area contributed by atoms with E-state index in [0.29, 0.717) is 35.4 Å². The molecule has 2 aromatic heterocycles. The van der Waals surface area contributed by atoms with E-state index in [1.54, 1.807) is 23.9 Å². The molecule has 26 heavy (non-hydrogen) atoms. The number of hydrogen-bond acceptors (Lipinski definition) is 4. The van der Waals surface area contributed by atoms with E-state index in [9.17, 15) is 9.59 Å². The van der Waals surface area contributed by atoms with Crippen molar-refractivity contribution in [2.45, 2.75) is 20.4 Å². The van der Waals surface area contributed by atoms with E-state index in [1.165, 1.54) is 4.90 Å². The summed E-state index contributed by atoms with van der Waals surface area (Å²) < 4.78 is 1.73. The predicted octanol–water partition coefficient (Wildman–Crippen LogP) is 2.66. The molecule has 1 amide bonds. The molecule has 3 aromatic rings. The molecule has 1 N–H and O–H groups in total. The fraction of sp³-hybridized carbons (Fsp3) is 0.263. The molecule has 0 saturated heterocycles. The van der Waals surface area contributed by atoms with Gasteiger partial charge in [-0.2, -0.15) is 5.10 Å². The second kappa shape index (κ2) is 7.35. The number of aryl methyl sites for hydroxylation is 1. The fourth-order valence-corrected chi connectivity index (χ4v) is 2.87. The van der Waals surface area contributed by atoms with Crippen LogP contribution in [0.15, 0.2) is 42.6 Å². The maximum absolute atomic E-state index is 13.0. The molecule has 0 aliphatic heterocycles. The molecular formula is C19H20N4O3. The van der Waals surface area contributed by atoms with Crippen molar-refractivity contribution in [3.8, 4) is 11.3 Å². The van der Waals surface area contributed by atoms with Gasteiger partial charge < -0.3 is 10.0 Å². The van der Waals surface area contributed by atoms with Crippen molar-refractivity contribution in [2.75, 3.05) is 13.1 Å². The number of carbonyl (C=O) groups is 2. The van der Waals surface area contributed by atoms with Gasteiger partial charge in [0, 0.05) is 18.7 Å². The number of pyridine rings is 1. The molecule has 0 saturated carbocycles. The van der Waals surface area contributed by atoms with Crippen LogP contribution in [0.3, 0.4) is 0 Å². The molecule has 0 spiro atoms. The van der Waals surface area contributed by atoms with Crippen molar-refractivity contribution in [1.82, 2.24) is 19.7 Å². The Morgan fingerprint density at radius 3 is 2.54 bits per heavy atom. The number of fused-ring (bicyclic) bond motifs is 1. The van der Waals surface area contributed by atoms with Crippen LogP contribution in [-0.2, 0) is 11.3 Å². The van der Waals surface area contributed by atoms with Gasteiger partial charge in [-0.05, 0) is 19.9 Å². The summed E-state index contributed by atoms with van der Waals surface area (Å²) in [5.41, 5.74) is 2.57. The van der Waals surface area contributed by atoms with Crippen molar-refractivity contribution in [2.24, 2.45) is 0 Å². The van der Waals surface area contributed by atoms with Gasteiger partial charge in [0.25, 0.3) is 5.91 Å². The Hall–Kier alpha value is -3.22. The molecule has 1 aromatic carbocycles. The number of carbonyl (C=O) groups excluding carboxylic acids is 1. The van der Waals surface area contributed by atoms with Crippen molar-refractivity contribution in [1.29, 1.82) is 0 Å². The van der Waals surface area contributed by atoms with E-state index < -0.39 is 5.97 Å². The summed E-state index contributed by atoms with van der Waals surface area (Å²) in [6.45, 7) is 4.29. The van der Waals surface area contributed by atoms with Gasteiger partial charge in [-0.15, -0.1) is 0 Å². The quantitative estimate of drug-likeness (QED) is 0.737. The molecule has 0 unspecified atom stereocenters. The van der Waals surface area contributed by atoms with Crippen LogP contribution in [0.25, 0.3) is 22.3 Å². The molecule has 3 rings (SSSR count). The van der Waals surface area contributed by atoms with E-state index in [1.807, 2.05) is 37.3 Å². The van der Waals surface area contributed by atoms with Crippen molar-refractivity contribution in [3.05, 3.63) is 48.2 Å². The summed E-state index contributed by atoms with van der Waals surface area (Å²) in [5, 5.41) is 14.0. The van der Waals surface area contributed by atoms with Gasteiger partial charge in [0.05, 0.1) is 22.8 Å². The highest BCUT2D eigenvalue weighted by molar-refractivity contribution is 6.07. The first kappa shape index (κ1) is 17.6. The van der Waals surface area contributed by atoms with Gasteiger partial charge in [0.2, 0.25) is 0 Å². The highest BCUT2D eigenvalue weighted by Crippen LogP contribution is 2.26. The molecule has 7 nitrogen and oxygen atoms in total. The minimum atomic E-state index is -1.04. The minimum Gasteiger partial charge on any atom is -0.480 e. The average molecular weight is 352 g/mol. The highest BCUT2D eigenvalue weighted by atomic mass is 16.4. The third-order valence-electron chi connectivity index (χ3n) is 4.20. The minimum absolute atomic E-state index is 0.303. The van der Waals surface area contributed by atoms with Crippen LogP contribution < -0.4 is 0 Å². The number of aromatic nitrogens is 3. The van der Waals surface area contributed by atoms with E-state index in [0.717, 1.165) is 5.56 Å². The van der Waals surface area contributed by atoms with Crippen LogP contribution in [0.5, 0.6) is 0 Å². The van der Waals surface area contributed by atoms with E-state index >= 15 is 0 Å². The number of carboxylic acid groups (broad SMARTS) is 1. The first-order chi connectivity index (χ1) is 12.5. The molecule has 0 aliphatic carbocycles. The molecule has 0 atom stereocenters. The lowest BCUT2D eigenvalue weighted by Gasteiger charge is -2.19. The number of hydrogen-bond donors (Lipinski definition) is 1. The first-order valence-corrected chi connectivity index (χ1v) is 8.48. The Morgan fingerprint density at radius 1 is 1.19 bits per heavy atom. The maximum atomic E-state index is 13.0. The van der Waals surface area contributed by atoms with Crippen molar-refractivity contribution < 1.29 is 14.7 Å². The number of nitrogens with zero attached hydrogens (tertiary/aromatic N) is 4. The van der Waals surface area contributed by atoms with Gasteiger partial charge in [-0.3, -0.25) is 9.59 Å². The molecule has 7 heteroatoms. The monoisotopic (exact) mass is 352 g/mol. The van der Waals surface area contributed by atoms with Crippen LogP contribution in [0.4, 0.5) is 0 Å². The lowest BCUT2D eigenvalue weighted by molar-refractivity contribution is -0.137. The lowest BCUT2D eigenvalue weighted by atomic mass is 10.1. The summed E-state index contributed by atoms with van der Waals surface area (Å²) in [7, 11) is 0. The van der Waals surface area contributed by atoms with Gasteiger partial charge in [-0.1, -0.05) is 30.3 Å². The number of benzene rings is 1. The molecule has 2 heterocycles. The van der Waals surface area contributed by atoms with Crippen LogP contribution in [-0.4, -0.2) is 49.7 Å². The molecule has 0 radical (unpaired) electrons. The lowest BCUT2D eigenvalue weighted by Crippen LogP contribution is -2.35. The fourth-order valence-electron chi connectivity index (χ4n) is 2.87. The Kier molecular flexibility index (Phi) is 4.97. The number of likely N-dealkylation sites (N-methyl/N-ethyl adjacent to an activating group) is 1. The summed E-state index contributed by atoms with van der Waals surface area (Å²) in [5.74, 6) is -1.38. The number of carboxylic acids is 1. The maximum Gasteiger partial charge on any atom is 0.323 e. The smallest absolute Gasteiger partial charge is 0.323 e. The Morgan fingerprint density at radius 2 is 1.92 bits per heavy atom. The number of aliphatic carboxylic acids is 1.